The Bertz CT molecular complexity index is 624. The number of ether oxygens (including phenoxy) is 1. The van der Waals surface area contributed by atoms with Crippen LogP contribution < -0.4 is 10.6 Å². The Morgan fingerprint density at radius 1 is 1.36 bits per heavy atom. The number of aliphatic hydroxyl groups is 1. The molecular weight excluding hydrogens is 328 g/mol. The molecule has 3 N–H and O–H groups in total. The highest BCUT2D eigenvalue weighted by atomic mass is 16.5. The minimum atomic E-state index is -1.42. The van der Waals surface area contributed by atoms with Crippen molar-refractivity contribution in [2.45, 2.75) is 12.5 Å². The number of amides is 3. The molecule has 136 valence electrons. The maximum Gasteiger partial charge on any atom is 0.269 e. The summed E-state index contributed by atoms with van der Waals surface area (Å²) in [6.07, 6.45) is 1.50. The van der Waals surface area contributed by atoms with Gasteiger partial charge in [-0.3, -0.25) is 19.4 Å². The van der Waals surface area contributed by atoms with Crippen LogP contribution >= 0.6 is 0 Å². The van der Waals surface area contributed by atoms with Gasteiger partial charge in [0.2, 0.25) is 11.8 Å². The minimum absolute atomic E-state index is 0.00604. The Morgan fingerprint density at radius 2 is 2.16 bits per heavy atom. The number of nitrogens with one attached hydrogen (secondary N) is 2. The molecule has 0 aliphatic carbocycles. The average molecular weight is 350 g/mol. The topological polar surface area (TPSA) is 121 Å². The summed E-state index contributed by atoms with van der Waals surface area (Å²) in [5.74, 6) is -1.05. The largest absolute Gasteiger partial charge is 0.384 e. The summed E-state index contributed by atoms with van der Waals surface area (Å²) >= 11 is 0. The fraction of sp³-hybridized carbons (Fsp3) is 0.500. The predicted octanol–water partition coefficient (Wildman–Crippen LogP) is -1.46. The standard InChI is InChI=1S/C16H22N4O5/c1-12(21)18-8-14(22)20-6-7-25-11-16(24,10-20)9-19-15(23)13-4-2-3-5-17-13/h2-5,24H,6-11H2,1H3,(H,18,21)(H,19,23)/t16-/m0/s1. The molecule has 1 aliphatic heterocycles. The first-order valence-corrected chi connectivity index (χ1v) is 7.91. The van der Waals surface area contributed by atoms with Crippen molar-refractivity contribution < 1.29 is 24.2 Å². The number of rotatable bonds is 5. The Kier molecular flexibility index (Phi) is 6.43. The molecule has 0 aromatic carbocycles. The number of hydrogen-bond acceptors (Lipinski definition) is 6. The summed E-state index contributed by atoms with van der Waals surface area (Å²) in [6, 6.07) is 4.95. The second-order valence-corrected chi connectivity index (χ2v) is 5.90. The molecule has 25 heavy (non-hydrogen) atoms. The highest BCUT2D eigenvalue weighted by Gasteiger charge is 2.34. The van der Waals surface area contributed by atoms with Crippen molar-refractivity contribution in [1.29, 1.82) is 0 Å². The molecule has 2 rings (SSSR count). The zero-order chi connectivity index (χ0) is 18.3. The third-order valence-electron chi connectivity index (χ3n) is 3.68. The van der Waals surface area contributed by atoms with Crippen LogP contribution in [0.2, 0.25) is 0 Å². The van der Waals surface area contributed by atoms with Gasteiger partial charge in [0, 0.05) is 19.7 Å². The third kappa shape index (κ3) is 5.80. The highest BCUT2D eigenvalue weighted by Crippen LogP contribution is 2.12. The molecule has 1 fully saturated rings. The smallest absolute Gasteiger partial charge is 0.269 e. The normalized spacial score (nSPS) is 20.5. The second-order valence-electron chi connectivity index (χ2n) is 5.90. The molecule has 0 radical (unpaired) electrons. The van der Waals surface area contributed by atoms with E-state index in [4.69, 9.17) is 4.74 Å². The van der Waals surface area contributed by atoms with Crippen molar-refractivity contribution in [2.75, 3.05) is 39.4 Å². The zero-order valence-corrected chi connectivity index (χ0v) is 14.0. The van der Waals surface area contributed by atoms with Crippen LogP contribution in [0.5, 0.6) is 0 Å². The fourth-order valence-corrected chi connectivity index (χ4v) is 2.38. The van der Waals surface area contributed by atoms with E-state index < -0.39 is 11.5 Å². The molecule has 1 atom stereocenters. The van der Waals surface area contributed by atoms with Gasteiger partial charge in [0.25, 0.3) is 5.91 Å². The monoisotopic (exact) mass is 350 g/mol. The van der Waals surface area contributed by atoms with Crippen LogP contribution in [0.3, 0.4) is 0 Å². The van der Waals surface area contributed by atoms with Crippen molar-refractivity contribution in [1.82, 2.24) is 20.5 Å². The maximum atomic E-state index is 12.1. The van der Waals surface area contributed by atoms with Crippen molar-refractivity contribution in [3.8, 4) is 0 Å². The summed E-state index contributed by atoms with van der Waals surface area (Å²) in [6.45, 7) is 1.63. The highest BCUT2D eigenvalue weighted by molar-refractivity contribution is 5.92. The van der Waals surface area contributed by atoms with Crippen LogP contribution in [-0.4, -0.2) is 77.7 Å². The second kappa shape index (κ2) is 8.54. The maximum absolute atomic E-state index is 12.1. The van der Waals surface area contributed by atoms with Gasteiger partial charge in [-0.1, -0.05) is 6.07 Å². The summed E-state index contributed by atoms with van der Waals surface area (Å²) < 4.78 is 5.36. The van der Waals surface area contributed by atoms with Crippen molar-refractivity contribution in [3.05, 3.63) is 30.1 Å². The van der Waals surface area contributed by atoms with Crippen molar-refractivity contribution in [3.63, 3.8) is 0 Å². The van der Waals surface area contributed by atoms with Crippen LogP contribution in [0.15, 0.2) is 24.4 Å². The first-order valence-electron chi connectivity index (χ1n) is 7.91. The summed E-state index contributed by atoms with van der Waals surface area (Å²) in [5.41, 5.74) is -1.19. The number of nitrogens with zero attached hydrogens (tertiary/aromatic N) is 2. The van der Waals surface area contributed by atoms with E-state index in [9.17, 15) is 19.5 Å². The number of aromatic nitrogens is 1. The molecule has 1 aromatic heterocycles. The summed E-state index contributed by atoms with van der Waals surface area (Å²) in [5, 5.41) is 15.7. The lowest BCUT2D eigenvalue weighted by atomic mass is 10.0. The Balaban J connectivity index is 1.94. The number of carbonyl (C=O) groups excluding carboxylic acids is 3. The van der Waals surface area contributed by atoms with E-state index in [0.29, 0.717) is 6.54 Å². The van der Waals surface area contributed by atoms with Gasteiger partial charge in [-0.2, -0.15) is 0 Å². The molecule has 0 unspecified atom stereocenters. The predicted molar refractivity (Wildman–Crippen MR) is 87.6 cm³/mol. The van der Waals surface area contributed by atoms with E-state index in [2.05, 4.69) is 15.6 Å². The van der Waals surface area contributed by atoms with Crippen LogP contribution in [0, 0.1) is 0 Å². The number of hydrogen-bond donors (Lipinski definition) is 3. The summed E-state index contributed by atoms with van der Waals surface area (Å²) in [4.78, 5) is 40.5. The number of pyridine rings is 1. The van der Waals surface area contributed by atoms with Gasteiger partial charge >= 0.3 is 0 Å². The average Bonchev–Trinajstić information content (AvgIpc) is 2.80. The molecule has 9 heteroatoms. The fourth-order valence-electron chi connectivity index (χ4n) is 2.38. The lowest BCUT2D eigenvalue weighted by Crippen LogP contribution is -2.54. The number of β-amino-alcohol motifs (C(OH)–C–C–N with tert-alkyl or cyclic N) is 1. The Morgan fingerprint density at radius 3 is 2.84 bits per heavy atom. The summed E-state index contributed by atoms with van der Waals surface area (Å²) in [7, 11) is 0. The van der Waals surface area contributed by atoms with E-state index in [0.717, 1.165) is 0 Å². The van der Waals surface area contributed by atoms with E-state index in [1.54, 1.807) is 18.2 Å². The molecule has 0 spiro atoms. The zero-order valence-electron chi connectivity index (χ0n) is 14.0. The molecule has 1 aromatic rings. The van der Waals surface area contributed by atoms with E-state index in [-0.39, 0.29) is 50.4 Å². The molecule has 1 aliphatic rings. The van der Waals surface area contributed by atoms with Crippen LogP contribution in [-0.2, 0) is 14.3 Å². The lowest BCUT2D eigenvalue weighted by molar-refractivity contribution is -0.134. The third-order valence-corrected chi connectivity index (χ3v) is 3.68. The SMILES string of the molecule is CC(=O)NCC(=O)N1CCOC[C@](O)(CNC(=O)c2ccccn2)C1. The van der Waals surface area contributed by atoms with Gasteiger partial charge in [-0.05, 0) is 12.1 Å². The molecule has 2 heterocycles. The minimum Gasteiger partial charge on any atom is -0.384 e. The van der Waals surface area contributed by atoms with Gasteiger partial charge in [0.05, 0.1) is 32.8 Å². The first-order chi connectivity index (χ1) is 11.9. The van der Waals surface area contributed by atoms with E-state index in [1.165, 1.54) is 18.0 Å². The van der Waals surface area contributed by atoms with E-state index in [1.807, 2.05) is 0 Å². The molecule has 0 bridgehead atoms. The van der Waals surface area contributed by atoms with E-state index >= 15 is 0 Å². The van der Waals surface area contributed by atoms with Gasteiger partial charge in [0.1, 0.15) is 11.3 Å². The Hall–Kier alpha value is -2.52. The molecule has 0 saturated carbocycles. The molecule has 3 amide bonds. The van der Waals surface area contributed by atoms with Crippen LogP contribution in [0.25, 0.3) is 0 Å². The van der Waals surface area contributed by atoms with Crippen molar-refractivity contribution in [2.24, 2.45) is 0 Å². The van der Waals surface area contributed by atoms with Gasteiger partial charge < -0.3 is 25.4 Å². The molecular formula is C16H22N4O5. The van der Waals surface area contributed by atoms with Gasteiger partial charge in [0.15, 0.2) is 0 Å². The number of carbonyl (C=O) groups is 3. The molecule has 1 saturated heterocycles. The Labute approximate surface area is 145 Å². The van der Waals surface area contributed by atoms with Gasteiger partial charge in [-0.15, -0.1) is 0 Å². The van der Waals surface area contributed by atoms with Crippen LogP contribution in [0.1, 0.15) is 17.4 Å². The van der Waals surface area contributed by atoms with Gasteiger partial charge in [-0.25, -0.2) is 0 Å². The molecule has 9 nitrogen and oxygen atoms in total. The van der Waals surface area contributed by atoms with Crippen molar-refractivity contribution >= 4 is 17.7 Å². The first kappa shape index (κ1) is 18.8. The quantitative estimate of drug-likeness (QED) is 0.597. The van der Waals surface area contributed by atoms with Crippen LogP contribution in [0.4, 0.5) is 0 Å². The lowest BCUT2D eigenvalue weighted by Gasteiger charge is -2.31.